The lowest BCUT2D eigenvalue weighted by molar-refractivity contribution is 0.323. The van der Waals surface area contributed by atoms with Gasteiger partial charge in [0.2, 0.25) is 20.0 Å². The third-order valence-electron chi connectivity index (χ3n) is 5.17. The average molecular weight is 568 g/mol. The Bertz CT molecular complexity index is 1260. The van der Waals surface area contributed by atoms with Gasteiger partial charge in [-0.25, -0.2) is 21.6 Å². The number of aryl methyl sites for hydroxylation is 2. The van der Waals surface area contributed by atoms with Crippen molar-refractivity contribution in [2.75, 3.05) is 13.1 Å². The van der Waals surface area contributed by atoms with E-state index in [4.69, 9.17) is 0 Å². The molecule has 0 spiro atoms. The van der Waals surface area contributed by atoms with Gasteiger partial charge in [-0.05, 0) is 50.1 Å². The largest absolute Gasteiger partial charge is 0.243 e. The molecule has 0 amide bonds. The van der Waals surface area contributed by atoms with Crippen LogP contribution in [0.5, 0.6) is 0 Å². The van der Waals surface area contributed by atoms with Crippen LogP contribution in [0.2, 0.25) is 0 Å². The Morgan fingerprint density at radius 2 is 1.50 bits per heavy atom. The molecule has 0 saturated carbocycles. The van der Waals surface area contributed by atoms with E-state index in [1.165, 1.54) is 4.31 Å². The van der Waals surface area contributed by atoms with E-state index in [2.05, 4.69) is 33.0 Å². The van der Waals surface area contributed by atoms with Crippen LogP contribution >= 0.6 is 15.9 Å². The number of hydrogen-bond acceptors (Lipinski definition) is 4. The summed E-state index contributed by atoms with van der Waals surface area (Å²) in [5, 5.41) is 0. The Balaban J connectivity index is 2.29. The molecule has 0 aromatic heterocycles. The lowest BCUT2D eigenvalue weighted by atomic mass is 10.0. The molecule has 0 unspecified atom stereocenters. The van der Waals surface area contributed by atoms with Crippen molar-refractivity contribution < 1.29 is 16.8 Å². The molecule has 0 saturated heterocycles. The first kappa shape index (κ1) is 28.2. The Labute approximate surface area is 212 Å². The Hall–Kier alpha value is -2.00. The van der Waals surface area contributed by atoms with Crippen molar-refractivity contribution in [3.05, 3.63) is 88.6 Å². The smallest absolute Gasteiger partial charge is 0.207 e. The standard InChI is InChI=1S/C25H31BrN2O4S2/c1-6-7-25(19(2)3)28(34(31,32)24-14-10-21(5)11-15-24)18-22(26)16-17-27-33(29,30)23-12-8-20(4)9-13-23/h7-16,19,25,27H,1,17-18H2,2-5H3/b22-16-/t25-/m1/s1. The molecule has 0 aliphatic rings. The molecular formula is C25H31BrN2O4S2. The SMILES string of the molecule is C=C=C[C@H](C(C)C)N(C/C(Br)=C/CNS(=O)(=O)c1ccc(C)cc1)S(=O)(=O)c1ccc(C)cc1. The summed E-state index contributed by atoms with van der Waals surface area (Å²) in [7, 11) is -7.54. The molecule has 0 heterocycles. The molecule has 9 heteroatoms. The van der Waals surface area contributed by atoms with Crippen molar-refractivity contribution in [1.82, 2.24) is 9.03 Å². The molecule has 184 valence electrons. The number of sulfonamides is 2. The Morgan fingerprint density at radius 3 is 1.97 bits per heavy atom. The van der Waals surface area contributed by atoms with Gasteiger partial charge in [0, 0.05) is 17.6 Å². The van der Waals surface area contributed by atoms with Gasteiger partial charge < -0.3 is 0 Å². The maximum absolute atomic E-state index is 13.5. The molecule has 1 N–H and O–H groups in total. The van der Waals surface area contributed by atoms with Crippen LogP contribution in [0.4, 0.5) is 0 Å². The first-order valence-electron chi connectivity index (χ1n) is 10.7. The second-order valence-corrected chi connectivity index (χ2v) is 13.0. The summed E-state index contributed by atoms with van der Waals surface area (Å²) in [4.78, 5) is 0.351. The lowest BCUT2D eigenvalue weighted by Gasteiger charge is -2.31. The predicted molar refractivity (Wildman–Crippen MR) is 141 cm³/mol. The third kappa shape index (κ3) is 7.50. The maximum Gasteiger partial charge on any atom is 0.243 e. The molecular weight excluding hydrogens is 536 g/mol. The van der Waals surface area contributed by atoms with Gasteiger partial charge >= 0.3 is 0 Å². The first-order valence-corrected chi connectivity index (χ1v) is 14.5. The van der Waals surface area contributed by atoms with Crippen molar-refractivity contribution in [3.8, 4) is 0 Å². The molecule has 2 aromatic rings. The molecule has 2 aromatic carbocycles. The number of rotatable bonds is 11. The molecule has 0 aliphatic carbocycles. The highest BCUT2D eigenvalue weighted by molar-refractivity contribution is 9.11. The van der Waals surface area contributed by atoms with E-state index in [9.17, 15) is 16.8 Å². The van der Waals surface area contributed by atoms with Crippen LogP contribution in [0.1, 0.15) is 25.0 Å². The van der Waals surface area contributed by atoms with Crippen LogP contribution in [-0.4, -0.2) is 40.3 Å². The number of nitrogens with zero attached hydrogens (tertiary/aromatic N) is 1. The number of halogens is 1. The van der Waals surface area contributed by atoms with Gasteiger partial charge in [0.25, 0.3) is 0 Å². The average Bonchev–Trinajstić information content (AvgIpc) is 2.76. The molecule has 0 fully saturated rings. The summed E-state index contributed by atoms with van der Waals surface area (Å²) in [6.07, 6.45) is 3.25. The fourth-order valence-corrected chi connectivity index (χ4v) is 6.45. The summed E-state index contributed by atoms with van der Waals surface area (Å²) in [5.74, 6) is -0.0465. The number of hydrogen-bond donors (Lipinski definition) is 1. The van der Waals surface area contributed by atoms with Gasteiger partial charge in [-0.2, -0.15) is 4.31 Å². The Kier molecular flexibility index (Phi) is 10.1. The van der Waals surface area contributed by atoms with Crippen molar-refractivity contribution in [2.24, 2.45) is 5.92 Å². The lowest BCUT2D eigenvalue weighted by Crippen LogP contribution is -2.43. The van der Waals surface area contributed by atoms with E-state index >= 15 is 0 Å². The summed E-state index contributed by atoms with van der Waals surface area (Å²) >= 11 is 3.43. The summed E-state index contributed by atoms with van der Waals surface area (Å²) < 4.78 is 56.5. The topological polar surface area (TPSA) is 83.6 Å². The minimum Gasteiger partial charge on any atom is -0.207 e. The molecule has 1 atom stereocenters. The maximum atomic E-state index is 13.5. The first-order chi connectivity index (χ1) is 15.9. The van der Waals surface area contributed by atoms with E-state index < -0.39 is 26.1 Å². The predicted octanol–water partition coefficient (Wildman–Crippen LogP) is 4.92. The second kappa shape index (κ2) is 12.1. The molecule has 0 aliphatic heterocycles. The molecule has 0 bridgehead atoms. The van der Waals surface area contributed by atoms with Crippen LogP contribution in [0.15, 0.2) is 87.3 Å². The molecule has 6 nitrogen and oxygen atoms in total. The van der Waals surface area contributed by atoms with E-state index in [-0.39, 0.29) is 28.8 Å². The third-order valence-corrected chi connectivity index (χ3v) is 9.04. The van der Waals surface area contributed by atoms with Gasteiger partial charge in [-0.1, -0.05) is 77.8 Å². The minimum atomic E-state index is -3.86. The fourth-order valence-electron chi connectivity index (χ4n) is 3.20. The van der Waals surface area contributed by atoms with Gasteiger partial charge in [0.15, 0.2) is 0 Å². The fraction of sp³-hybridized carbons (Fsp3) is 0.320. The molecule has 34 heavy (non-hydrogen) atoms. The number of benzene rings is 2. The number of nitrogens with one attached hydrogen (secondary N) is 1. The summed E-state index contributed by atoms with van der Waals surface area (Å²) in [5.41, 5.74) is 4.63. The van der Waals surface area contributed by atoms with Crippen molar-refractivity contribution in [3.63, 3.8) is 0 Å². The van der Waals surface area contributed by atoms with Gasteiger partial charge in [-0.15, -0.1) is 5.73 Å². The van der Waals surface area contributed by atoms with Crippen molar-refractivity contribution >= 4 is 36.0 Å². The van der Waals surface area contributed by atoms with Crippen LogP contribution in [0.3, 0.4) is 0 Å². The highest BCUT2D eigenvalue weighted by Crippen LogP contribution is 2.25. The normalized spacial score (nSPS) is 13.7. The quantitative estimate of drug-likeness (QED) is 0.391. The summed E-state index contributed by atoms with van der Waals surface area (Å²) in [6, 6.07) is 12.7. The minimum absolute atomic E-state index is 0.00114. The van der Waals surface area contributed by atoms with Gasteiger partial charge in [0.1, 0.15) is 0 Å². The van der Waals surface area contributed by atoms with Crippen LogP contribution < -0.4 is 4.72 Å². The van der Waals surface area contributed by atoms with Gasteiger partial charge in [-0.3, -0.25) is 0 Å². The van der Waals surface area contributed by atoms with Crippen molar-refractivity contribution in [2.45, 2.75) is 43.5 Å². The molecule has 2 rings (SSSR count). The van der Waals surface area contributed by atoms with Crippen LogP contribution in [-0.2, 0) is 20.0 Å². The van der Waals surface area contributed by atoms with Crippen LogP contribution in [0.25, 0.3) is 0 Å². The second-order valence-electron chi connectivity index (χ2n) is 8.28. The van der Waals surface area contributed by atoms with E-state index in [0.717, 1.165) is 11.1 Å². The van der Waals surface area contributed by atoms with E-state index in [1.54, 1.807) is 60.7 Å². The zero-order valence-electron chi connectivity index (χ0n) is 19.8. The van der Waals surface area contributed by atoms with E-state index in [1.807, 2.05) is 27.7 Å². The highest BCUT2D eigenvalue weighted by Gasteiger charge is 2.32. The zero-order chi connectivity index (χ0) is 25.5. The van der Waals surface area contributed by atoms with Crippen molar-refractivity contribution in [1.29, 1.82) is 0 Å². The monoisotopic (exact) mass is 566 g/mol. The Morgan fingerprint density at radius 1 is 1.00 bits per heavy atom. The summed E-state index contributed by atoms with van der Waals surface area (Å²) in [6.45, 7) is 11.2. The van der Waals surface area contributed by atoms with E-state index in [0.29, 0.717) is 4.48 Å². The highest BCUT2D eigenvalue weighted by atomic mass is 79.9. The van der Waals surface area contributed by atoms with Gasteiger partial charge in [0.05, 0.1) is 15.8 Å². The zero-order valence-corrected chi connectivity index (χ0v) is 23.0. The van der Waals surface area contributed by atoms with Crippen LogP contribution in [0, 0.1) is 19.8 Å². The molecule has 0 radical (unpaired) electrons.